The number of rotatable bonds is 2. The van der Waals surface area contributed by atoms with Gasteiger partial charge in [-0.25, -0.2) is 0 Å². The fourth-order valence-corrected chi connectivity index (χ4v) is 2.06. The molecular weight excluding hydrogens is 251 g/mol. The van der Waals surface area contributed by atoms with Gasteiger partial charge < -0.3 is 5.11 Å². The summed E-state index contributed by atoms with van der Waals surface area (Å²) in [6, 6.07) is 3.74. The van der Waals surface area contributed by atoms with E-state index in [1.54, 1.807) is 0 Å². The van der Waals surface area contributed by atoms with Crippen molar-refractivity contribution in [2.24, 2.45) is 0 Å². The molecule has 0 fully saturated rings. The predicted octanol–water partition coefficient (Wildman–Crippen LogP) is 3.85. The summed E-state index contributed by atoms with van der Waals surface area (Å²) >= 11 is 9.30. The summed E-state index contributed by atoms with van der Waals surface area (Å²) < 4.78 is 0.873. The second-order valence-electron chi connectivity index (χ2n) is 3.05. The molecule has 13 heavy (non-hydrogen) atoms. The normalized spacial score (nSPS) is 13.0. The first kappa shape index (κ1) is 11.0. The van der Waals surface area contributed by atoms with Crippen LogP contribution in [0.4, 0.5) is 0 Å². The lowest BCUT2D eigenvalue weighted by Gasteiger charge is -2.12. The molecule has 0 aliphatic rings. The van der Waals surface area contributed by atoms with Gasteiger partial charge in [-0.1, -0.05) is 40.5 Å². The molecule has 0 heterocycles. The van der Waals surface area contributed by atoms with Gasteiger partial charge >= 0.3 is 0 Å². The molecule has 0 aliphatic heterocycles. The first-order valence-corrected chi connectivity index (χ1v) is 5.37. The Kier molecular flexibility index (Phi) is 3.77. The highest BCUT2D eigenvalue weighted by Gasteiger charge is 2.10. The molecule has 0 saturated heterocycles. The molecule has 0 radical (unpaired) electrons. The zero-order valence-corrected chi connectivity index (χ0v) is 9.98. The maximum Gasteiger partial charge on any atom is 0.0798 e. The topological polar surface area (TPSA) is 20.2 Å². The molecule has 1 unspecified atom stereocenters. The van der Waals surface area contributed by atoms with Gasteiger partial charge in [0.2, 0.25) is 0 Å². The molecule has 0 bridgehead atoms. The largest absolute Gasteiger partial charge is 0.388 e. The molecule has 72 valence electrons. The zero-order valence-electron chi connectivity index (χ0n) is 7.64. The highest BCUT2D eigenvalue weighted by atomic mass is 79.9. The van der Waals surface area contributed by atoms with Crippen LogP contribution in [0.25, 0.3) is 0 Å². The van der Waals surface area contributed by atoms with Gasteiger partial charge in [-0.3, -0.25) is 0 Å². The van der Waals surface area contributed by atoms with E-state index < -0.39 is 6.10 Å². The fourth-order valence-electron chi connectivity index (χ4n) is 1.15. The third kappa shape index (κ3) is 2.46. The smallest absolute Gasteiger partial charge is 0.0798 e. The molecule has 1 aromatic carbocycles. The minimum atomic E-state index is -0.412. The molecule has 0 aromatic heterocycles. The standard InChI is InChI=1S/C10H12BrClO/c1-3-10(13)7-4-6(2)9(12)5-8(7)11/h4-5,10,13H,3H2,1-2H3. The lowest BCUT2D eigenvalue weighted by atomic mass is 10.1. The van der Waals surface area contributed by atoms with Crippen molar-refractivity contribution in [3.63, 3.8) is 0 Å². The summed E-state index contributed by atoms with van der Waals surface area (Å²) in [5.41, 5.74) is 1.90. The van der Waals surface area contributed by atoms with Crippen LogP contribution < -0.4 is 0 Å². The Morgan fingerprint density at radius 2 is 2.15 bits per heavy atom. The molecule has 0 saturated carbocycles. The SMILES string of the molecule is CCC(O)c1cc(C)c(Cl)cc1Br. The minimum absolute atomic E-state index is 0.412. The van der Waals surface area contributed by atoms with Gasteiger partial charge in [0.05, 0.1) is 6.10 Å². The van der Waals surface area contributed by atoms with Gasteiger partial charge in [-0.2, -0.15) is 0 Å². The maximum atomic E-state index is 9.65. The third-order valence-corrected chi connectivity index (χ3v) is 3.12. The van der Waals surface area contributed by atoms with Crippen LogP contribution in [0.2, 0.25) is 5.02 Å². The summed E-state index contributed by atoms with van der Waals surface area (Å²) in [6.45, 7) is 3.88. The van der Waals surface area contributed by atoms with Gasteiger partial charge in [0.15, 0.2) is 0 Å². The molecule has 1 N–H and O–H groups in total. The summed E-state index contributed by atoms with van der Waals surface area (Å²) in [7, 11) is 0. The Labute approximate surface area is 91.9 Å². The monoisotopic (exact) mass is 262 g/mol. The van der Waals surface area contributed by atoms with E-state index in [1.807, 2.05) is 26.0 Å². The molecule has 3 heteroatoms. The van der Waals surface area contributed by atoms with Crippen LogP contribution in [0, 0.1) is 6.92 Å². The lowest BCUT2D eigenvalue weighted by molar-refractivity contribution is 0.173. The fraction of sp³-hybridized carbons (Fsp3) is 0.400. The highest BCUT2D eigenvalue weighted by Crippen LogP contribution is 2.30. The van der Waals surface area contributed by atoms with Crippen LogP contribution >= 0.6 is 27.5 Å². The Morgan fingerprint density at radius 3 is 2.69 bits per heavy atom. The first-order chi connectivity index (χ1) is 6.06. The Morgan fingerprint density at radius 1 is 1.54 bits per heavy atom. The van der Waals surface area contributed by atoms with Crippen molar-refractivity contribution in [3.05, 3.63) is 32.8 Å². The number of benzene rings is 1. The summed E-state index contributed by atoms with van der Waals surface area (Å²) in [5.74, 6) is 0. The Hall–Kier alpha value is -0.0500. The number of hydrogen-bond donors (Lipinski definition) is 1. The molecule has 0 spiro atoms. The van der Waals surface area contributed by atoms with Gasteiger partial charge in [0.1, 0.15) is 0 Å². The van der Waals surface area contributed by atoms with Crippen LogP contribution in [0.1, 0.15) is 30.6 Å². The predicted molar refractivity (Wildman–Crippen MR) is 59.1 cm³/mol. The van der Waals surface area contributed by atoms with Crippen LogP contribution in [0.3, 0.4) is 0 Å². The van der Waals surface area contributed by atoms with Gasteiger partial charge in [-0.05, 0) is 30.5 Å². The van der Waals surface area contributed by atoms with E-state index in [9.17, 15) is 5.11 Å². The number of aliphatic hydroxyl groups excluding tert-OH is 1. The van der Waals surface area contributed by atoms with Crippen LogP contribution in [-0.4, -0.2) is 5.11 Å². The molecule has 0 amide bonds. The minimum Gasteiger partial charge on any atom is -0.388 e. The third-order valence-electron chi connectivity index (χ3n) is 2.02. The quantitative estimate of drug-likeness (QED) is 0.859. The molecule has 1 atom stereocenters. The van der Waals surface area contributed by atoms with Crippen LogP contribution in [-0.2, 0) is 0 Å². The molecule has 1 aromatic rings. The number of halogens is 2. The Bertz CT molecular complexity index is 312. The van der Waals surface area contributed by atoms with Gasteiger partial charge in [-0.15, -0.1) is 0 Å². The molecular formula is C10H12BrClO. The van der Waals surface area contributed by atoms with Crippen molar-refractivity contribution in [3.8, 4) is 0 Å². The average Bonchev–Trinajstić information content (AvgIpc) is 2.10. The second kappa shape index (κ2) is 4.45. The number of aryl methyl sites for hydroxylation is 1. The highest BCUT2D eigenvalue weighted by molar-refractivity contribution is 9.10. The lowest BCUT2D eigenvalue weighted by Crippen LogP contribution is -1.97. The first-order valence-electron chi connectivity index (χ1n) is 4.19. The van der Waals surface area contributed by atoms with E-state index in [4.69, 9.17) is 11.6 Å². The van der Waals surface area contributed by atoms with Crippen LogP contribution in [0.5, 0.6) is 0 Å². The van der Waals surface area contributed by atoms with Gasteiger partial charge in [0, 0.05) is 9.50 Å². The summed E-state index contributed by atoms with van der Waals surface area (Å²) in [4.78, 5) is 0. The summed E-state index contributed by atoms with van der Waals surface area (Å²) in [5, 5.41) is 10.4. The van der Waals surface area contributed by atoms with Crippen molar-refractivity contribution < 1.29 is 5.11 Å². The van der Waals surface area contributed by atoms with E-state index in [0.717, 1.165) is 20.6 Å². The molecule has 1 nitrogen and oxygen atoms in total. The molecule has 0 aliphatic carbocycles. The maximum absolute atomic E-state index is 9.65. The Balaban J connectivity index is 3.15. The average molecular weight is 264 g/mol. The second-order valence-corrected chi connectivity index (χ2v) is 4.31. The van der Waals surface area contributed by atoms with Crippen molar-refractivity contribution in [1.29, 1.82) is 0 Å². The van der Waals surface area contributed by atoms with Crippen molar-refractivity contribution in [2.45, 2.75) is 26.4 Å². The number of aliphatic hydroxyl groups is 1. The van der Waals surface area contributed by atoms with E-state index in [1.165, 1.54) is 0 Å². The van der Waals surface area contributed by atoms with E-state index >= 15 is 0 Å². The molecule has 1 rings (SSSR count). The zero-order chi connectivity index (χ0) is 10.0. The summed E-state index contributed by atoms with van der Waals surface area (Å²) in [6.07, 6.45) is 0.296. The van der Waals surface area contributed by atoms with Crippen molar-refractivity contribution in [1.82, 2.24) is 0 Å². The number of hydrogen-bond acceptors (Lipinski definition) is 1. The van der Waals surface area contributed by atoms with E-state index in [2.05, 4.69) is 15.9 Å². The van der Waals surface area contributed by atoms with E-state index in [-0.39, 0.29) is 0 Å². The van der Waals surface area contributed by atoms with Crippen molar-refractivity contribution >= 4 is 27.5 Å². The van der Waals surface area contributed by atoms with Gasteiger partial charge in [0.25, 0.3) is 0 Å². The van der Waals surface area contributed by atoms with E-state index in [0.29, 0.717) is 6.42 Å². The van der Waals surface area contributed by atoms with Crippen LogP contribution in [0.15, 0.2) is 16.6 Å². The van der Waals surface area contributed by atoms with Crippen molar-refractivity contribution in [2.75, 3.05) is 0 Å².